The molecule has 1 aromatic carbocycles. The van der Waals surface area contributed by atoms with Crippen LogP contribution in [0, 0.1) is 18.3 Å². The molecule has 78 valence electrons. The predicted octanol–water partition coefficient (Wildman–Crippen LogP) is 0.986. The number of rotatable bonds is 3. The Balaban J connectivity index is 3.25. The molecule has 0 aliphatic carbocycles. The number of carbonyl (C=O) groups is 1. The Bertz CT molecular complexity index is 432. The number of carboxylic acids is 1. The first-order valence-corrected chi connectivity index (χ1v) is 4.43. The van der Waals surface area contributed by atoms with Gasteiger partial charge in [0, 0.05) is 0 Å². The van der Waals surface area contributed by atoms with E-state index in [0.717, 1.165) is 0 Å². The number of aliphatic hydroxyl groups excluding tert-OH is 1. The molecule has 0 heterocycles. The zero-order valence-corrected chi connectivity index (χ0v) is 8.32. The third-order valence-electron chi connectivity index (χ3n) is 2.22. The lowest BCUT2D eigenvalue weighted by Gasteiger charge is -2.07. The maximum Gasteiger partial charge on any atom is 0.307 e. The van der Waals surface area contributed by atoms with Crippen molar-refractivity contribution < 1.29 is 15.0 Å². The average Bonchev–Trinajstić information content (AvgIpc) is 2.20. The fraction of sp³-hybridized carbons (Fsp3) is 0.273. The minimum absolute atomic E-state index is 0.131. The number of hydrogen-bond donors (Lipinski definition) is 2. The van der Waals surface area contributed by atoms with Crippen LogP contribution < -0.4 is 0 Å². The van der Waals surface area contributed by atoms with Crippen molar-refractivity contribution in [2.45, 2.75) is 20.0 Å². The topological polar surface area (TPSA) is 81.3 Å². The number of nitriles is 1. The van der Waals surface area contributed by atoms with Gasteiger partial charge >= 0.3 is 5.97 Å². The summed E-state index contributed by atoms with van der Waals surface area (Å²) < 4.78 is 0. The molecule has 0 atom stereocenters. The zero-order valence-electron chi connectivity index (χ0n) is 8.32. The van der Waals surface area contributed by atoms with E-state index in [1.165, 1.54) is 0 Å². The highest BCUT2D eigenvalue weighted by Crippen LogP contribution is 2.17. The minimum atomic E-state index is -0.947. The Hall–Kier alpha value is -1.86. The molecule has 0 spiro atoms. The van der Waals surface area contributed by atoms with Gasteiger partial charge in [0.2, 0.25) is 0 Å². The summed E-state index contributed by atoms with van der Waals surface area (Å²) in [6.45, 7) is 1.51. The highest BCUT2D eigenvalue weighted by molar-refractivity contribution is 5.71. The average molecular weight is 205 g/mol. The van der Waals surface area contributed by atoms with E-state index in [4.69, 9.17) is 15.5 Å². The normalized spacial score (nSPS) is 9.67. The summed E-state index contributed by atoms with van der Waals surface area (Å²) in [5, 5.41) is 26.4. The first-order chi connectivity index (χ1) is 7.08. The minimum Gasteiger partial charge on any atom is -0.481 e. The molecule has 0 unspecified atom stereocenters. The van der Waals surface area contributed by atoms with Crippen LogP contribution in [0.5, 0.6) is 0 Å². The van der Waals surface area contributed by atoms with Crippen LogP contribution in [0.1, 0.15) is 22.3 Å². The quantitative estimate of drug-likeness (QED) is 0.770. The van der Waals surface area contributed by atoms with Gasteiger partial charge in [0.15, 0.2) is 0 Å². The molecule has 4 nitrogen and oxygen atoms in total. The van der Waals surface area contributed by atoms with Gasteiger partial charge in [-0.25, -0.2) is 0 Å². The van der Waals surface area contributed by atoms with E-state index in [9.17, 15) is 4.79 Å². The lowest BCUT2D eigenvalue weighted by atomic mass is 9.97. The van der Waals surface area contributed by atoms with E-state index in [2.05, 4.69) is 0 Å². The van der Waals surface area contributed by atoms with Crippen LogP contribution in [-0.4, -0.2) is 16.2 Å². The fourth-order valence-electron chi connectivity index (χ4n) is 1.39. The zero-order chi connectivity index (χ0) is 11.4. The Kier molecular flexibility index (Phi) is 3.42. The molecule has 0 aliphatic heterocycles. The van der Waals surface area contributed by atoms with Gasteiger partial charge in [-0.3, -0.25) is 4.79 Å². The summed E-state index contributed by atoms with van der Waals surface area (Å²) in [6, 6.07) is 5.17. The first kappa shape index (κ1) is 11.2. The van der Waals surface area contributed by atoms with Crippen molar-refractivity contribution in [3.8, 4) is 6.07 Å². The highest BCUT2D eigenvalue weighted by Gasteiger charge is 2.09. The van der Waals surface area contributed by atoms with Gasteiger partial charge in [0.1, 0.15) is 0 Å². The highest BCUT2D eigenvalue weighted by atomic mass is 16.4. The van der Waals surface area contributed by atoms with Crippen LogP contribution in [0.4, 0.5) is 0 Å². The van der Waals surface area contributed by atoms with Crippen LogP contribution >= 0.6 is 0 Å². The van der Waals surface area contributed by atoms with Crippen molar-refractivity contribution >= 4 is 5.97 Å². The van der Waals surface area contributed by atoms with Crippen LogP contribution in [0.2, 0.25) is 0 Å². The van der Waals surface area contributed by atoms with E-state index in [0.29, 0.717) is 22.3 Å². The third-order valence-corrected chi connectivity index (χ3v) is 2.22. The summed E-state index contributed by atoms with van der Waals surface area (Å²) in [5.41, 5.74) is 2.22. The van der Waals surface area contributed by atoms with Gasteiger partial charge in [-0.15, -0.1) is 0 Å². The first-order valence-electron chi connectivity index (χ1n) is 4.43. The molecule has 0 saturated heterocycles. The second kappa shape index (κ2) is 4.58. The molecule has 1 rings (SSSR count). The molecule has 0 fully saturated rings. The monoisotopic (exact) mass is 205 g/mol. The molecule has 4 heteroatoms. The molecule has 2 N–H and O–H groups in total. The number of benzene rings is 1. The Labute approximate surface area is 87.4 Å². The van der Waals surface area contributed by atoms with Crippen molar-refractivity contribution in [3.05, 3.63) is 34.4 Å². The van der Waals surface area contributed by atoms with Gasteiger partial charge in [0.05, 0.1) is 24.7 Å². The fourth-order valence-corrected chi connectivity index (χ4v) is 1.39. The number of carboxylic acid groups (broad SMARTS) is 1. The lowest BCUT2D eigenvalue weighted by molar-refractivity contribution is -0.136. The van der Waals surface area contributed by atoms with Crippen LogP contribution in [0.15, 0.2) is 12.1 Å². The molecule has 0 bridgehead atoms. The summed E-state index contributed by atoms with van der Waals surface area (Å²) in [6.07, 6.45) is -0.131. The van der Waals surface area contributed by atoms with E-state index in [1.54, 1.807) is 19.1 Å². The Morgan fingerprint density at radius 1 is 1.53 bits per heavy atom. The van der Waals surface area contributed by atoms with Gasteiger partial charge < -0.3 is 10.2 Å². The molecule has 1 aromatic rings. The number of nitrogens with zero attached hydrogens (tertiary/aromatic N) is 1. The molecule has 0 radical (unpaired) electrons. The molecular formula is C11H11NO3. The smallest absolute Gasteiger partial charge is 0.307 e. The van der Waals surface area contributed by atoms with E-state index in [-0.39, 0.29) is 13.0 Å². The number of hydrogen-bond acceptors (Lipinski definition) is 3. The summed E-state index contributed by atoms with van der Waals surface area (Å²) in [4.78, 5) is 10.6. The molecule has 0 saturated carbocycles. The number of aliphatic hydroxyl groups is 1. The van der Waals surface area contributed by atoms with Crippen LogP contribution in [0.25, 0.3) is 0 Å². The van der Waals surface area contributed by atoms with E-state index in [1.807, 2.05) is 6.07 Å². The van der Waals surface area contributed by atoms with Crippen LogP contribution in [0.3, 0.4) is 0 Å². The van der Waals surface area contributed by atoms with Gasteiger partial charge in [-0.2, -0.15) is 5.26 Å². The maximum atomic E-state index is 10.6. The van der Waals surface area contributed by atoms with Gasteiger partial charge in [0.25, 0.3) is 0 Å². The van der Waals surface area contributed by atoms with E-state index < -0.39 is 5.97 Å². The molecule has 0 aromatic heterocycles. The van der Waals surface area contributed by atoms with Crippen molar-refractivity contribution in [2.24, 2.45) is 0 Å². The Morgan fingerprint density at radius 2 is 2.20 bits per heavy atom. The molecular weight excluding hydrogens is 194 g/mol. The van der Waals surface area contributed by atoms with Crippen molar-refractivity contribution in [3.63, 3.8) is 0 Å². The van der Waals surface area contributed by atoms with Gasteiger partial charge in [-0.1, -0.05) is 6.07 Å². The summed E-state index contributed by atoms with van der Waals surface area (Å²) in [7, 11) is 0. The van der Waals surface area contributed by atoms with E-state index >= 15 is 0 Å². The van der Waals surface area contributed by atoms with Gasteiger partial charge in [-0.05, 0) is 29.7 Å². The largest absolute Gasteiger partial charge is 0.481 e. The molecule has 0 aliphatic rings. The second-order valence-corrected chi connectivity index (χ2v) is 3.27. The third kappa shape index (κ3) is 2.55. The number of aliphatic carboxylic acids is 1. The van der Waals surface area contributed by atoms with Crippen molar-refractivity contribution in [1.82, 2.24) is 0 Å². The Morgan fingerprint density at radius 3 is 2.67 bits per heavy atom. The summed E-state index contributed by atoms with van der Waals surface area (Å²) in [5.74, 6) is -0.947. The second-order valence-electron chi connectivity index (χ2n) is 3.27. The predicted molar refractivity (Wildman–Crippen MR) is 53.2 cm³/mol. The summed E-state index contributed by atoms with van der Waals surface area (Å²) >= 11 is 0. The SMILES string of the molecule is Cc1c(C#N)cc(CO)cc1CC(=O)O. The molecule has 15 heavy (non-hydrogen) atoms. The molecule has 0 amide bonds. The standard InChI is InChI=1S/C11H11NO3/c1-7-9(4-11(14)15)2-8(6-13)3-10(7)5-12/h2-3,13H,4,6H2,1H3,(H,14,15). The lowest BCUT2D eigenvalue weighted by Crippen LogP contribution is -2.04. The maximum absolute atomic E-state index is 10.6. The van der Waals surface area contributed by atoms with Crippen LogP contribution in [-0.2, 0) is 17.8 Å². The van der Waals surface area contributed by atoms with Crippen molar-refractivity contribution in [1.29, 1.82) is 5.26 Å². The van der Waals surface area contributed by atoms with Crippen molar-refractivity contribution in [2.75, 3.05) is 0 Å².